The number of anilines is 1. The van der Waals surface area contributed by atoms with E-state index in [0.29, 0.717) is 10.2 Å². The molecule has 1 aliphatic carbocycles. The smallest absolute Gasteiger partial charge is 0.303 e. The third kappa shape index (κ3) is 4.27. The Balaban J connectivity index is 2.04. The standard InChI is InChI=1S/C15H17BrFNO3/c16-11-7-10(17)3-4-12(11)18-13(19)8-15(9-14(20)21)5-1-2-6-15/h3-4,7H,1-2,5-6,8-9H2,(H,18,19)(H,20,21). The van der Waals surface area contributed by atoms with Gasteiger partial charge in [0.2, 0.25) is 5.91 Å². The summed E-state index contributed by atoms with van der Waals surface area (Å²) in [7, 11) is 0. The number of rotatable bonds is 5. The summed E-state index contributed by atoms with van der Waals surface area (Å²) in [5, 5.41) is 11.8. The van der Waals surface area contributed by atoms with Crippen LogP contribution in [0.5, 0.6) is 0 Å². The van der Waals surface area contributed by atoms with Crippen molar-refractivity contribution in [3.63, 3.8) is 0 Å². The normalized spacial score (nSPS) is 16.7. The van der Waals surface area contributed by atoms with Crippen molar-refractivity contribution < 1.29 is 19.1 Å². The number of carboxylic acid groups (broad SMARTS) is 1. The van der Waals surface area contributed by atoms with Crippen molar-refractivity contribution in [2.45, 2.75) is 38.5 Å². The van der Waals surface area contributed by atoms with Crippen molar-refractivity contribution in [3.05, 3.63) is 28.5 Å². The first-order chi connectivity index (χ1) is 9.90. The number of benzene rings is 1. The van der Waals surface area contributed by atoms with E-state index in [4.69, 9.17) is 5.11 Å². The van der Waals surface area contributed by atoms with Crippen LogP contribution < -0.4 is 5.32 Å². The van der Waals surface area contributed by atoms with Gasteiger partial charge < -0.3 is 10.4 Å². The van der Waals surface area contributed by atoms with Crippen LogP contribution in [0.4, 0.5) is 10.1 Å². The molecule has 1 amide bonds. The average molecular weight is 358 g/mol. The molecule has 0 aromatic heterocycles. The van der Waals surface area contributed by atoms with Gasteiger partial charge in [0, 0.05) is 10.9 Å². The molecule has 0 unspecified atom stereocenters. The zero-order chi connectivity index (χ0) is 15.5. The van der Waals surface area contributed by atoms with Gasteiger partial charge in [-0.2, -0.15) is 0 Å². The molecule has 21 heavy (non-hydrogen) atoms. The van der Waals surface area contributed by atoms with E-state index in [-0.39, 0.29) is 18.7 Å². The molecule has 0 heterocycles. The number of carboxylic acids is 1. The van der Waals surface area contributed by atoms with Gasteiger partial charge in [-0.05, 0) is 52.4 Å². The number of hydrogen-bond acceptors (Lipinski definition) is 2. The Morgan fingerprint density at radius 2 is 1.95 bits per heavy atom. The van der Waals surface area contributed by atoms with Gasteiger partial charge in [-0.1, -0.05) is 12.8 Å². The molecule has 0 saturated heterocycles. The van der Waals surface area contributed by atoms with Crippen LogP contribution in [-0.2, 0) is 9.59 Å². The van der Waals surface area contributed by atoms with E-state index in [9.17, 15) is 14.0 Å². The predicted octanol–water partition coefficient (Wildman–Crippen LogP) is 3.95. The Morgan fingerprint density at radius 1 is 1.29 bits per heavy atom. The molecule has 0 bridgehead atoms. The molecule has 1 fully saturated rings. The van der Waals surface area contributed by atoms with Crippen molar-refractivity contribution in [2.75, 3.05) is 5.32 Å². The highest BCUT2D eigenvalue weighted by Gasteiger charge is 2.38. The highest BCUT2D eigenvalue weighted by atomic mass is 79.9. The quantitative estimate of drug-likeness (QED) is 0.838. The van der Waals surface area contributed by atoms with Gasteiger partial charge in [-0.15, -0.1) is 0 Å². The maximum absolute atomic E-state index is 13.0. The van der Waals surface area contributed by atoms with E-state index in [2.05, 4.69) is 21.2 Å². The fourth-order valence-electron chi connectivity index (χ4n) is 2.99. The Hall–Kier alpha value is -1.43. The Morgan fingerprint density at radius 3 is 2.52 bits per heavy atom. The molecule has 1 aliphatic rings. The van der Waals surface area contributed by atoms with Crippen LogP contribution >= 0.6 is 15.9 Å². The van der Waals surface area contributed by atoms with Crippen LogP contribution in [0.3, 0.4) is 0 Å². The number of hydrogen-bond donors (Lipinski definition) is 2. The van der Waals surface area contributed by atoms with Gasteiger partial charge in [-0.3, -0.25) is 9.59 Å². The van der Waals surface area contributed by atoms with Crippen molar-refractivity contribution in [2.24, 2.45) is 5.41 Å². The van der Waals surface area contributed by atoms with Crippen LogP contribution in [0.25, 0.3) is 0 Å². The molecule has 4 nitrogen and oxygen atoms in total. The summed E-state index contributed by atoms with van der Waals surface area (Å²) in [5.41, 5.74) is 0.0486. The number of halogens is 2. The van der Waals surface area contributed by atoms with Gasteiger partial charge in [0.05, 0.1) is 12.1 Å². The molecular weight excluding hydrogens is 341 g/mol. The van der Waals surface area contributed by atoms with E-state index >= 15 is 0 Å². The Kier molecular flexibility index (Phi) is 4.98. The van der Waals surface area contributed by atoms with Gasteiger partial charge >= 0.3 is 5.97 Å². The van der Waals surface area contributed by atoms with Gasteiger partial charge in [-0.25, -0.2) is 4.39 Å². The van der Waals surface area contributed by atoms with E-state index in [1.807, 2.05) is 0 Å². The summed E-state index contributed by atoms with van der Waals surface area (Å²) in [6.45, 7) is 0. The molecule has 0 spiro atoms. The van der Waals surface area contributed by atoms with Crippen LogP contribution in [-0.4, -0.2) is 17.0 Å². The van der Waals surface area contributed by atoms with Crippen molar-refractivity contribution >= 4 is 33.5 Å². The third-order valence-electron chi connectivity index (χ3n) is 3.93. The summed E-state index contributed by atoms with van der Waals surface area (Å²) in [6.07, 6.45) is 3.64. The molecule has 0 aliphatic heterocycles. The zero-order valence-electron chi connectivity index (χ0n) is 11.5. The summed E-state index contributed by atoms with van der Waals surface area (Å²) < 4.78 is 13.5. The summed E-state index contributed by atoms with van der Waals surface area (Å²) >= 11 is 3.19. The lowest BCUT2D eigenvalue weighted by molar-refractivity contribution is -0.140. The first kappa shape index (κ1) is 15.9. The zero-order valence-corrected chi connectivity index (χ0v) is 13.1. The lowest BCUT2D eigenvalue weighted by atomic mass is 9.79. The number of nitrogens with one attached hydrogen (secondary N) is 1. The number of carbonyl (C=O) groups excluding carboxylic acids is 1. The molecule has 1 saturated carbocycles. The second-order valence-corrected chi connectivity index (χ2v) is 6.48. The van der Waals surface area contributed by atoms with Crippen molar-refractivity contribution in [1.29, 1.82) is 0 Å². The van der Waals surface area contributed by atoms with Crippen molar-refractivity contribution in [3.8, 4) is 0 Å². The Bertz CT molecular complexity index is 556. The minimum Gasteiger partial charge on any atom is -0.481 e. The first-order valence-corrected chi connectivity index (χ1v) is 7.66. The minimum atomic E-state index is -0.868. The van der Waals surface area contributed by atoms with Gasteiger partial charge in [0.15, 0.2) is 0 Å². The molecule has 1 aromatic carbocycles. The maximum atomic E-state index is 13.0. The van der Waals surface area contributed by atoms with E-state index in [1.54, 1.807) is 0 Å². The van der Waals surface area contributed by atoms with Gasteiger partial charge in [0.25, 0.3) is 0 Å². The highest BCUT2D eigenvalue weighted by molar-refractivity contribution is 9.10. The van der Waals surface area contributed by atoms with Crippen LogP contribution in [0.15, 0.2) is 22.7 Å². The lowest BCUT2D eigenvalue weighted by Gasteiger charge is -2.26. The van der Waals surface area contributed by atoms with Crippen LogP contribution in [0.1, 0.15) is 38.5 Å². The molecule has 0 radical (unpaired) electrons. The fourth-order valence-corrected chi connectivity index (χ4v) is 3.44. The molecule has 2 rings (SSSR count). The van der Waals surface area contributed by atoms with E-state index in [1.165, 1.54) is 18.2 Å². The third-order valence-corrected chi connectivity index (χ3v) is 4.59. The number of aliphatic carboxylic acids is 1. The molecule has 6 heteroatoms. The summed E-state index contributed by atoms with van der Waals surface area (Å²) in [5.74, 6) is -1.49. The second kappa shape index (κ2) is 6.56. The fraction of sp³-hybridized carbons (Fsp3) is 0.467. The van der Waals surface area contributed by atoms with E-state index in [0.717, 1.165) is 25.7 Å². The lowest BCUT2D eigenvalue weighted by Crippen LogP contribution is -2.27. The van der Waals surface area contributed by atoms with Gasteiger partial charge in [0.1, 0.15) is 5.82 Å². The SMILES string of the molecule is O=C(O)CC1(CC(=O)Nc2ccc(F)cc2Br)CCCC1. The largest absolute Gasteiger partial charge is 0.481 e. The molecule has 114 valence electrons. The molecule has 1 aromatic rings. The highest BCUT2D eigenvalue weighted by Crippen LogP contribution is 2.44. The molecule has 0 atom stereocenters. The summed E-state index contributed by atoms with van der Waals surface area (Å²) in [6, 6.07) is 4.02. The minimum absolute atomic E-state index is 0.0189. The monoisotopic (exact) mass is 357 g/mol. The number of amides is 1. The second-order valence-electron chi connectivity index (χ2n) is 5.63. The predicted molar refractivity (Wildman–Crippen MR) is 80.5 cm³/mol. The van der Waals surface area contributed by atoms with Crippen LogP contribution in [0.2, 0.25) is 0 Å². The van der Waals surface area contributed by atoms with Crippen LogP contribution in [0, 0.1) is 11.2 Å². The maximum Gasteiger partial charge on any atom is 0.303 e. The topological polar surface area (TPSA) is 66.4 Å². The summed E-state index contributed by atoms with van der Waals surface area (Å²) in [4.78, 5) is 23.2. The van der Waals surface area contributed by atoms with Crippen molar-refractivity contribution in [1.82, 2.24) is 0 Å². The average Bonchev–Trinajstić information content (AvgIpc) is 2.80. The molecule has 2 N–H and O–H groups in total. The number of carbonyl (C=O) groups is 2. The Labute approximate surface area is 130 Å². The van der Waals surface area contributed by atoms with E-state index < -0.39 is 17.2 Å². The first-order valence-electron chi connectivity index (χ1n) is 6.87. The molecular formula is C15H17BrFNO3.